The van der Waals surface area contributed by atoms with Gasteiger partial charge in [-0.2, -0.15) is 0 Å². The molecular formula is C17H22N2O3S. The Morgan fingerprint density at radius 2 is 2.13 bits per heavy atom. The van der Waals surface area contributed by atoms with Crippen LogP contribution in [0.2, 0.25) is 0 Å². The van der Waals surface area contributed by atoms with E-state index in [-0.39, 0.29) is 11.9 Å². The smallest absolute Gasteiger partial charge is 0.211 e. The lowest BCUT2D eigenvalue weighted by Gasteiger charge is -2.11. The van der Waals surface area contributed by atoms with Crippen LogP contribution < -0.4 is 4.72 Å². The zero-order valence-corrected chi connectivity index (χ0v) is 13.9. The molecule has 1 aliphatic heterocycles. The number of para-hydroxylation sites is 1. The zero-order valence-electron chi connectivity index (χ0n) is 13.1. The van der Waals surface area contributed by atoms with E-state index in [2.05, 4.69) is 9.71 Å². The molecule has 0 amide bonds. The standard InChI is InChI=1S/C17H22N2O3S/c20-23(21,13-9-16-7-3-12-22-16)19-11-8-15-5-1-4-14-6-2-10-18-17(14)15/h1-2,4-6,10,16,19H,3,7-9,11-13H2/t16-/m0/s1. The molecule has 0 unspecified atom stereocenters. The van der Waals surface area contributed by atoms with E-state index >= 15 is 0 Å². The molecule has 0 bridgehead atoms. The van der Waals surface area contributed by atoms with E-state index in [1.807, 2.05) is 30.3 Å². The Balaban J connectivity index is 1.53. The normalized spacial score (nSPS) is 18.5. The second-order valence-electron chi connectivity index (χ2n) is 5.88. The van der Waals surface area contributed by atoms with Gasteiger partial charge in [0, 0.05) is 24.7 Å². The maximum absolute atomic E-state index is 12.1. The third-order valence-electron chi connectivity index (χ3n) is 4.17. The molecule has 1 aromatic heterocycles. The summed E-state index contributed by atoms with van der Waals surface area (Å²) in [5.41, 5.74) is 2.00. The Morgan fingerprint density at radius 1 is 1.26 bits per heavy atom. The van der Waals surface area contributed by atoms with Crippen LogP contribution >= 0.6 is 0 Å². The summed E-state index contributed by atoms with van der Waals surface area (Å²) in [7, 11) is -3.24. The Kier molecular flexibility index (Phi) is 5.25. The van der Waals surface area contributed by atoms with Gasteiger partial charge in [-0.3, -0.25) is 4.98 Å². The van der Waals surface area contributed by atoms with Crippen molar-refractivity contribution >= 4 is 20.9 Å². The predicted molar refractivity (Wildman–Crippen MR) is 90.8 cm³/mol. The van der Waals surface area contributed by atoms with Crippen molar-refractivity contribution in [2.45, 2.75) is 31.8 Å². The average molecular weight is 334 g/mol. The Bertz CT molecular complexity index is 750. The number of nitrogens with zero attached hydrogens (tertiary/aromatic N) is 1. The summed E-state index contributed by atoms with van der Waals surface area (Å²) in [6, 6.07) is 9.90. The van der Waals surface area contributed by atoms with Crippen LogP contribution in [-0.4, -0.2) is 38.4 Å². The summed E-state index contributed by atoms with van der Waals surface area (Å²) in [6.45, 7) is 1.15. The summed E-state index contributed by atoms with van der Waals surface area (Å²) in [5, 5.41) is 1.08. The summed E-state index contributed by atoms with van der Waals surface area (Å²) < 4.78 is 32.3. The molecule has 23 heavy (non-hydrogen) atoms. The van der Waals surface area contributed by atoms with Gasteiger partial charge in [0.2, 0.25) is 10.0 Å². The maximum atomic E-state index is 12.1. The topological polar surface area (TPSA) is 68.3 Å². The van der Waals surface area contributed by atoms with Gasteiger partial charge in [-0.05, 0) is 37.3 Å². The van der Waals surface area contributed by atoms with Crippen LogP contribution in [0.4, 0.5) is 0 Å². The molecule has 1 aliphatic rings. The van der Waals surface area contributed by atoms with Gasteiger partial charge >= 0.3 is 0 Å². The molecule has 5 nitrogen and oxygen atoms in total. The number of fused-ring (bicyclic) bond motifs is 1. The molecule has 0 saturated carbocycles. The Labute approximate surface area is 137 Å². The number of hydrogen-bond acceptors (Lipinski definition) is 4. The largest absolute Gasteiger partial charge is 0.378 e. The van der Waals surface area contributed by atoms with Crippen LogP contribution in [0.3, 0.4) is 0 Å². The molecule has 0 radical (unpaired) electrons. The van der Waals surface area contributed by atoms with E-state index in [1.54, 1.807) is 6.20 Å². The monoisotopic (exact) mass is 334 g/mol. The summed E-state index contributed by atoms with van der Waals surface area (Å²) in [4.78, 5) is 4.39. The number of benzene rings is 1. The molecule has 1 saturated heterocycles. The fourth-order valence-electron chi connectivity index (χ4n) is 2.94. The van der Waals surface area contributed by atoms with Crippen molar-refractivity contribution < 1.29 is 13.2 Å². The lowest BCUT2D eigenvalue weighted by atomic mass is 10.1. The minimum Gasteiger partial charge on any atom is -0.378 e. The van der Waals surface area contributed by atoms with E-state index in [0.29, 0.717) is 19.4 Å². The summed E-state index contributed by atoms with van der Waals surface area (Å²) in [5.74, 6) is 0.130. The second kappa shape index (κ2) is 7.38. The van der Waals surface area contributed by atoms with Gasteiger partial charge in [0.05, 0.1) is 17.4 Å². The molecule has 0 aliphatic carbocycles. The SMILES string of the molecule is O=S(=O)(CC[C@@H]1CCCO1)NCCc1cccc2cccnc12. The van der Waals surface area contributed by atoms with Gasteiger partial charge in [0.25, 0.3) is 0 Å². The first-order chi connectivity index (χ1) is 11.1. The molecular weight excluding hydrogens is 312 g/mol. The lowest BCUT2D eigenvalue weighted by molar-refractivity contribution is 0.109. The molecule has 3 rings (SSSR count). The fourth-order valence-corrected chi connectivity index (χ4v) is 4.07. The van der Waals surface area contributed by atoms with Gasteiger partial charge in [-0.1, -0.05) is 24.3 Å². The molecule has 2 heterocycles. The van der Waals surface area contributed by atoms with Crippen LogP contribution in [0.25, 0.3) is 10.9 Å². The molecule has 1 fully saturated rings. The highest BCUT2D eigenvalue weighted by Crippen LogP contribution is 2.17. The highest BCUT2D eigenvalue weighted by molar-refractivity contribution is 7.89. The number of aromatic nitrogens is 1. The van der Waals surface area contributed by atoms with Gasteiger partial charge in [0.1, 0.15) is 0 Å². The molecule has 1 aromatic carbocycles. The van der Waals surface area contributed by atoms with Crippen LogP contribution in [0, 0.1) is 0 Å². The quantitative estimate of drug-likeness (QED) is 0.843. The van der Waals surface area contributed by atoms with Crippen LogP contribution in [-0.2, 0) is 21.2 Å². The first-order valence-corrected chi connectivity index (χ1v) is 9.71. The second-order valence-corrected chi connectivity index (χ2v) is 7.81. The van der Waals surface area contributed by atoms with E-state index < -0.39 is 10.0 Å². The number of ether oxygens (including phenoxy) is 1. The number of hydrogen-bond donors (Lipinski definition) is 1. The third kappa shape index (κ3) is 4.50. The molecule has 1 N–H and O–H groups in total. The van der Waals surface area contributed by atoms with Crippen molar-refractivity contribution in [1.29, 1.82) is 0 Å². The third-order valence-corrected chi connectivity index (χ3v) is 5.58. The van der Waals surface area contributed by atoms with E-state index in [9.17, 15) is 8.42 Å². The highest BCUT2D eigenvalue weighted by atomic mass is 32.2. The minimum atomic E-state index is -3.24. The van der Waals surface area contributed by atoms with Crippen molar-refractivity contribution in [3.8, 4) is 0 Å². The van der Waals surface area contributed by atoms with E-state index in [1.165, 1.54) is 0 Å². The number of sulfonamides is 1. The Hall–Kier alpha value is -1.50. The number of nitrogens with one attached hydrogen (secondary N) is 1. The zero-order chi connectivity index (χ0) is 16.1. The Morgan fingerprint density at radius 3 is 2.96 bits per heavy atom. The molecule has 124 valence electrons. The number of rotatable bonds is 7. The first kappa shape index (κ1) is 16.4. The van der Waals surface area contributed by atoms with Crippen molar-refractivity contribution in [3.05, 3.63) is 42.1 Å². The molecule has 2 aromatic rings. The summed E-state index contributed by atoms with van der Waals surface area (Å²) >= 11 is 0. The van der Waals surface area contributed by atoms with Crippen LogP contribution in [0.5, 0.6) is 0 Å². The summed E-state index contributed by atoms with van der Waals surface area (Å²) in [6.07, 6.45) is 5.08. The molecule has 1 atom stereocenters. The van der Waals surface area contributed by atoms with Crippen molar-refractivity contribution in [1.82, 2.24) is 9.71 Å². The highest BCUT2D eigenvalue weighted by Gasteiger charge is 2.19. The van der Waals surface area contributed by atoms with Gasteiger partial charge in [0.15, 0.2) is 0 Å². The van der Waals surface area contributed by atoms with Crippen molar-refractivity contribution in [2.75, 3.05) is 18.9 Å². The fraction of sp³-hybridized carbons (Fsp3) is 0.471. The minimum absolute atomic E-state index is 0.105. The average Bonchev–Trinajstić information content (AvgIpc) is 3.07. The maximum Gasteiger partial charge on any atom is 0.211 e. The van der Waals surface area contributed by atoms with E-state index in [4.69, 9.17) is 4.74 Å². The van der Waals surface area contributed by atoms with Crippen molar-refractivity contribution in [3.63, 3.8) is 0 Å². The van der Waals surface area contributed by atoms with Gasteiger partial charge in [-0.25, -0.2) is 13.1 Å². The number of pyridine rings is 1. The first-order valence-electron chi connectivity index (χ1n) is 8.06. The molecule has 0 spiro atoms. The van der Waals surface area contributed by atoms with Crippen LogP contribution in [0.15, 0.2) is 36.5 Å². The lowest BCUT2D eigenvalue weighted by Crippen LogP contribution is -2.30. The van der Waals surface area contributed by atoms with Crippen molar-refractivity contribution in [2.24, 2.45) is 0 Å². The van der Waals surface area contributed by atoms with Gasteiger partial charge < -0.3 is 4.74 Å². The molecule has 6 heteroatoms. The van der Waals surface area contributed by atoms with Gasteiger partial charge in [-0.15, -0.1) is 0 Å². The predicted octanol–water partition coefficient (Wildman–Crippen LogP) is 2.27. The van der Waals surface area contributed by atoms with Crippen LogP contribution in [0.1, 0.15) is 24.8 Å². The van der Waals surface area contributed by atoms with E-state index in [0.717, 1.165) is 35.9 Å².